The third-order valence-electron chi connectivity index (χ3n) is 2.98. The Labute approximate surface area is 123 Å². The minimum absolute atomic E-state index is 0.0629. The van der Waals surface area contributed by atoms with Gasteiger partial charge in [-0.05, 0) is 48.1 Å². The first-order chi connectivity index (χ1) is 9.19. The number of hydrogen-bond acceptors (Lipinski definition) is 3. The van der Waals surface area contributed by atoms with Crippen LogP contribution in [0.15, 0.2) is 35.7 Å². The Balaban J connectivity index is 2.09. The molecule has 0 saturated carbocycles. The van der Waals surface area contributed by atoms with Gasteiger partial charge in [-0.15, -0.1) is 22.7 Å². The summed E-state index contributed by atoms with van der Waals surface area (Å²) in [5.41, 5.74) is 0. The highest BCUT2D eigenvalue weighted by Crippen LogP contribution is 2.38. The summed E-state index contributed by atoms with van der Waals surface area (Å²) in [6, 6.07) is 8.88. The topological polar surface area (TPSA) is 12.0 Å². The zero-order valence-electron chi connectivity index (χ0n) is 10.1. The third-order valence-corrected chi connectivity index (χ3v) is 5.58. The van der Waals surface area contributed by atoms with Crippen molar-refractivity contribution in [3.8, 4) is 0 Å². The molecular weight excluding hydrogens is 301 g/mol. The molecule has 19 heavy (non-hydrogen) atoms. The van der Waals surface area contributed by atoms with Crippen LogP contribution in [0.3, 0.4) is 0 Å². The molecule has 0 fully saturated rings. The monoisotopic (exact) mass is 311 g/mol. The first-order valence-electron chi connectivity index (χ1n) is 5.78. The summed E-state index contributed by atoms with van der Waals surface area (Å²) in [6.45, 7) is 0. The minimum atomic E-state index is -0.202. The lowest BCUT2D eigenvalue weighted by Gasteiger charge is -2.13. The largest absolute Gasteiger partial charge is 0.308 e. The molecular formula is C14H11ClFNS2. The molecule has 0 saturated heterocycles. The molecule has 0 aliphatic rings. The van der Waals surface area contributed by atoms with Crippen LogP contribution in [0.4, 0.5) is 4.39 Å². The van der Waals surface area contributed by atoms with Crippen LogP contribution in [-0.4, -0.2) is 7.05 Å². The van der Waals surface area contributed by atoms with Gasteiger partial charge < -0.3 is 5.32 Å². The standard InChI is InChI=1S/C14H11ClFNS2/c1-17-13(14-10(15)4-5-18-14)12-7-8-6-9(16)2-3-11(8)19-12/h2-7,13,17H,1H3. The first-order valence-corrected chi connectivity index (χ1v) is 7.85. The van der Waals surface area contributed by atoms with E-state index in [1.54, 1.807) is 28.7 Å². The molecule has 1 aromatic carbocycles. The average molecular weight is 312 g/mol. The van der Waals surface area contributed by atoms with Crippen molar-refractivity contribution in [2.45, 2.75) is 6.04 Å². The second-order valence-corrected chi connectivity index (χ2v) is 6.66. The molecule has 0 radical (unpaired) electrons. The van der Waals surface area contributed by atoms with Crippen LogP contribution in [0.25, 0.3) is 10.1 Å². The minimum Gasteiger partial charge on any atom is -0.308 e. The molecule has 1 N–H and O–H groups in total. The molecule has 0 aliphatic carbocycles. The molecule has 1 atom stereocenters. The molecule has 0 aliphatic heterocycles. The lowest BCUT2D eigenvalue weighted by atomic mass is 10.1. The Kier molecular flexibility index (Phi) is 3.58. The van der Waals surface area contributed by atoms with Crippen LogP contribution in [0.5, 0.6) is 0 Å². The highest BCUT2D eigenvalue weighted by molar-refractivity contribution is 7.19. The SMILES string of the molecule is CNC(c1cc2cc(F)ccc2s1)c1sccc1Cl. The van der Waals surface area contributed by atoms with Crippen molar-refractivity contribution in [3.63, 3.8) is 0 Å². The smallest absolute Gasteiger partial charge is 0.123 e. The van der Waals surface area contributed by atoms with Crippen LogP contribution in [-0.2, 0) is 0 Å². The maximum absolute atomic E-state index is 13.2. The second kappa shape index (κ2) is 5.21. The van der Waals surface area contributed by atoms with Crippen molar-refractivity contribution in [1.82, 2.24) is 5.32 Å². The van der Waals surface area contributed by atoms with Gasteiger partial charge in [-0.2, -0.15) is 0 Å². The van der Waals surface area contributed by atoms with E-state index in [1.807, 2.05) is 30.6 Å². The number of nitrogens with one attached hydrogen (secondary N) is 1. The summed E-state index contributed by atoms with van der Waals surface area (Å²) in [5.74, 6) is -0.202. The van der Waals surface area contributed by atoms with Gasteiger partial charge in [0.05, 0.1) is 11.1 Å². The van der Waals surface area contributed by atoms with E-state index in [2.05, 4.69) is 5.32 Å². The first kappa shape index (κ1) is 13.1. The highest BCUT2D eigenvalue weighted by atomic mass is 35.5. The molecule has 2 heterocycles. The number of halogens is 2. The van der Waals surface area contributed by atoms with Crippen LogP contribution in [0.2, 0.25) is 5.02 Å². The quantitative estimate of drug-likeness (QED) is 0.712. The number of rotatable bonds is 3. The van der Waals surface area contributed by atoms with Gasteiger partial charge in [-0.1, -0.05) is 11.6 Å². The molecule has 3 aromatic rings. The van der Waals surface area contributed by atoms with Crippen molar-refractivity contribution in [3.05, 3.63) is 56.3 Å². The van der Waals surface area contributed by atoms with Crippen LogP contribution in [0.1, 0.15) is 15.8 Å². The summed E-state index contributed by atoms with van der Waals surface area (Å²) in [5, 5.41) is 6.97. The number of benzene rings is 1. The zero-order valence-corrected chi connectivity index (χ0v) is 12.5. The van der Waals surface area contributed by atoms with Crippen LogP contribution >= 0.6 is 34.3 Å². The van der Waals surface area contributed by atoms with Crippen LogP contribution in [0, 0.1) is 5.82 Å². The maximum Gasteiger partial charge on any atom is 0.123 e. The molecule has 2 aromatic heterocycles. The molecule has 0 amide bonds. The Hall–Kier alpha value is -0.940. The van der Waals surface area contributed by atoms with Crippen molar-refractivity contribution in [2.24, 2.45) is 0 Å². The van der Waals surface area contributed by atoms with Gasteiger partial charge in [0.1, 0.15) is 5.82 Å². The number of thiophene rings is 2. The summed E-state index contributed by atoms with van der Waals surface area (Å²) in [6.07, 6.45) is 0. The molecule has 0 bridgehead atoms. The summed E-state index contributed by atoms with van der Waals surface area (Å²) in [7, 11) is 1.91. The van der Waals surface area contributed by atoms with Gasteiger partial charge in [-0.3, -0.25) is 0 Å². The molecule has 0 spiro atoms. The van der Waals surface area contributed by atoms with Crippen molar-refractivity contribution < 1.29 is 4.39 Å². The van der Waals surface area contributed by atoms with Gasteiger partial charge >= 0.3 is 0 Å². The second-order valence-electron chi connectivity index (χ2n) is 4.19. The highest BCUT2D eigenvalue weighted by Gasteiger charge is 2.19. The lowest BCUT2D eigenvalue weighted by Crippen LogP contribution is -2.15. The fourth-order valence-corrected chi connectivity index (χ4v) is 4.62. The lowest BCUT2D eigenvalue weighted by molar-refractivity contribution is 0.630. The Morgan fingerprint density at radius 2 is 2.11 bits per heavy atom. The number of fused-ring (bicyclic) bond motifs is 1. The zero-order chi connectivity index (χ0) is 13.4. The van der Waals surface area contributed by atoms with Gasteiger partial charge in [0, 0.05) is 14.5 Å². The fourth-order valence-electron chi connectivity index (χ4n) is 2.09. The van der Waals surface area contributed by atoms with Gasteiger partial charge in [0.25, 0.3) is 0 Å². The molecule has 3 rings (SSSR count). The number of hydrogen-bond donors (Lipinski definition) is 1. The van der Waals surface area contributed by atoms with E-state index in [1.165, 1.54) is 6.07 Å². The van der Waals surface area contributed by atoms with E-state index < -0.39 is 0 Å². The molecule has 5 heteroatoms. The molecule has 98 valence electrons. The van der Waals surface area contributed by atoms with E-state index in [-0.39, 0.29) is 11.9 Å². The maximum atomic E-state index is 13.2. The third kappa shape index (κ3) is 2.41. The Morgan fingerprint density at radius 1 is 1.26 bits per heavy atom. The summed E-state index contributed by atoms with van der Waals surface area (Å²) < 4.78 is 14.3. The van der Waals surface area contributed by atoms with Gasteiger partial charge in [0.15, 0.2) is 0 Å². The fraction of sp³-hybridized carbons (Fsp3) is 0.143. The van der Waals surface area contributed by atoms with E-state index in [4.69, 9.17) is 11.6 Å². The molecule has 1 nitrogen and oxygen atoms in total. The average Bonchev–Trinajstić information content (AvgIpc) is 2.97. The van der Waals surface area contributed by atoms with E-state index in [0.717, 1.165) is 24.9 Å². The molecule has 1 unspecified atom stereocenters. The van der Waals surface area contributed by atoms with Crippen LogP contribution < -0.4 is 5.32 Å². The van der Waals surface area contributed by atoms with Crippen molar-refractivity contribution in [2.75, 3.05) is 7.05 Å². The van der Waals surface area contributed by atoms with Gasteiger partial charge in [-0.25, -0.2) is 4.39 Å². The van der Waals surface area contributed by atoms with Gasteiger partial charge in [0.2, 0.25) is 0 Å². The van der Waals surface area contributed by atoms with E-state index >= 15 is 0 Å². The van der Waals surface area contributed by atoms with E-state index in [9.17, 15) is 4.39 Å². The predicted molar refractivity (Wildman–Crippen MR) is 82.0 cm³/mol. The predicted octanol–water partition coefficient (Wildman–Crippen LogP) is 5.06. The normalized spacial score (nSPS) is 13.0. The Bertz CT molecular complexity index is 719. The van der Waals surface area contributed by atoms with Crippen molar-refractivity contribution in [1.29, 1.82) is 0 Å². The summed E-state index contributed by atoms with van der Waals surface area (Å²) >= 11 is 9.49. The van der Waals surface area contributed by atoms with E-state index in [0.29, 0.717) is 0 Å². The summed E-state index contributed by atoms with van der Waals surface area (Å²) in [4.78, 5) is 2.24. The van der Waals surface area contributed by atoms with Crippen molar-refractivity contribution >= 4 is 44.4 Å². The Morgan fingerprint density at radius 3 is 2.79 bits per heavy atom.